The van der Waals surface area contributed by atoms with E-state index in [-0.39, 0.29) is 18.3 Å². The van der Waals surface area contributed by atoms with Crippen molar-refractivity contribution in [1.82, 2.24) is 0 Å². The number of rotatable bonds is 1. The van der Waals surface area contributed by atoms with Gasteiger partial charge < -0.3 is 10.5 Å². The molecular formula is C3H8ClNO. The zero-order chi connectivity index (χ0) is 4.28. The number of nitrogens with two attached hydrogens (primary N) is 1. The lowest BCUT2D eigenvalue weighted by atomic mass is 11.0. The molecule has 0 spiro atoms. The molecule has 0 bridgehead atoms. The molecule has 0 radical (unpaired) electrons. The summed E-state index contributed by atoms with van der Waals surface area (Å²) in [7, 11) is 1.47. The molecule has 0 saturated heterocycles. The Bertz CT molecular complexity index is 46.1. The van der Waals surface area contributed by atoms with Crippen LogP contribution in [0.1, 0.15) is 0 Å². The average molecular weight is 110 g/mol. The number of methoxy groups -OCH3 is 1. The van der Waals surface area contributed by atoms with E-state index >= 15 is 0 Å². The lowest BCUT2D eigenvalue weighted by molar-refractivity contribution is 0.289. The quantitative estimate of drug-likeness (QED) is 0.498. The standard InChI is InChI=1S/C3H7NO.ClH/c1-3(4)5-2;/h1,4H2,2H3;1H. The summed E-state index contributed by atoms with van der Waals surface area (Å²) in [4.78, 5) is 0. The molecule has 0 fully saturated rings. The Balaban J connectivity index is 0. The van der Waals surface area contributed by atoms with Gasteiger partial charge in [-0.3, -0.25) is 0 Å². The average Bonchev–Trinajstić information content (AvgIpc) is 1.38. The molecule has 0 aromatic heterocycles. The molecule has 0 amide bonds. The van der Waals surface area contributed by atoms with Gasteiger partial charge in [-0.25, -0.2) is 0 Å². The molecule has 38 valence electrons. The van der Waals surface area contributed by atoms with E-state index in [1.54, 1.807) is 0 Å². The van der Waals surface area contributed by atoms with Crippen LogP contribution < -0.4 is 5.73 Å². The van der Waals surface area contributed by atoms with E-state index in [0.717, 1.165) is 0 Å². The van der Waals surface area contributed by atoms with Gasteiger partial charge in [-0.05, 0) is 6.58 Å². The van der Waals surface area contributed by atoms with Crippen LogP contribution in [0.4, 0.5) is 0 Å². The molecule has 0 atom stereocenters. The lowest BCUT2D eigenvalue weighted by Crippen LogP contribution is -1.94. The SMILES string of the molecule is C=C(N)OC.Cl. The van der Waals surface area contributed by atoms with Gasteiger partial charge in [0.15, 0.2) is 5.88 Å². The molecule has 0 heterocycles. The van der Waals surface area contributed by atoms with Crippen molar-refractivity contribution in [2.75, 3.05) is 7.11 Å². The van der Waals surface area contributed by atoms with Crippen molar-refractivity contribution >= 4 is 12.4 Å². The van der Waals surface area contributed by atoms with Crippen LogP contribution in [0.3, 0.4) is 0 Å². The van der Waals surface area contributed by atoms with Crippen molar-refractivity contribution in [3.8, 4) is 0 Å². The lowest BCUT2D eigenvalue weighted by Gasteiger charge is -1.88. The summed E-state index contributed by atoms with van der Waals surface area (Å²) in [6, 6.07) is 0. The van der Waals surface area contributed by atoms with Crippen molar-refractivity contribution in [2.45, 2.75) is 0 Å². The molecule has 6 heavy (non-hydrogen) atoms. The van der Waals surface area contributed by atoms with E-state index in [9.17, 15) is 0 Å². The van der Waals surface area contributed by atoms with E-state index < -0.39 is 0 Å². The van der Waals surface area contributed by atoms with Gasteiger partial charge in [-0.15, -0.1) is 12.4 Å². The first-order valence-electron chi connectivity index (χ1n) is 1.25. The van der Waals surface area contributed by atoms with Gasteiger partial charge in [0.2, 0.25) is 0 Å². The fraction of sp³-hybridized carbons (Fsp3) is 0.333. The number of halogens is 1. The fourth-order valence-electron chi connectivity index (χ4n) is 0. The Hall–Kier alpha value is -0.370. The third-order valence-corrected chi connectivity index (χ3v) is 0.262. The fourth-order valence-corrected chi connectivity index (χ4v) is 0. The van der Waals surface area contributed by atoms with Crippen LogP contribution in [0.2, 0.25) is 0 Å². The maximum atomic E-state index is 4.88. The van der Waals surface area contributed by atoms with Gasteiger partial charge in [-0.2, -0.15) is 0 Å². The third-order valence-electron chi connectivity index (χ3n) is 0.262. The summed E-state index contributed by atoms with van der Waals surface area (Å²) in [6.07, 6.45) is 0. The summed E-state index contributed by atoms with van der Waals surface area (Å²) in [5.41, 5.74) is 4.88. The van der Waals surface area contributed by atoms with Crippen LogP contribution >= 0.6 is 12.4 Å². The Labute approximate surface area is 43.4 Å². The maximum Gasteiger partial charge on any atom is 0.176 e. The molecule has 0 aromatic rings. The molecule has 0 aliphatic carbocycles. The van der Waals surface area contributed by atoms with Crippen molar-refractivity contribution < 1.29 is 4.74 Å². The zero-order valence-corrected chi connectivity index (χ0v) is 4.42. The van der Waals surface area contributed by atoms with Gasteiger partial charge >= 0.3 is 0 Å². The molecule has 0 unspecified atom stereocenters. The minimum atomic E-state index is 0. The van der Waals surface area contributed by atoms with E-state index in [1.807, 2.05) is 0 Å². The highest BCUT2D eigenvalue weighted by atomic mass is 35.5. The molecule has 0 aromatic carbocycles. The summed E-state index contributed by atoms with van der Waals surface area (Å²) in [5, 5.41) is 0. The van der Waals surface area contributed by atoms with Crippen LogP contribution in [-0.2, 0) is 4.74 Å². The van der Waals surface area contributed by atoms with Crippen LogP contribution in [0, 0.1) is 0 Å². The Morgan fingerprint density at radius 3 is 2.00 bits per heavy atom. The van der Waals surface area contributed by atoms with E-state index in [1.165, 1.54) is 7.11 Å². The summed E-state index contributed by atoms with van der Waals surface area (Å²) in [5.74, 6) is 0.255. The second kappa shape index (κ2) is 4.63. The number of ether oxygens (including phenoxy) is 1. The van der Waals surface area contributed by atoms with Crippen molar-refractivity contribution in [2.24, 2.45) is 5.73 Å². The van der Waals surface area contributed by atoms with Crippen LogP contribution in [0.5, 0.6) is 0 Å². The Kier molecular flexibility index (Phi) is 7.07. The highest BCUT2D eigenvalue weighted by Crippen LogP contribution is 1.68. The highest BCUT2D eigenvalue weighted by molar-refractivity contribution is 5.85. The number of hydrogen-bond acceptors (Lipinski definition) is 2. The molecule has 2 N–H and O–H groups in total. The Morgan fingerprint density at radius 1 is 1.83 bits per heavy atom. The van der Waals surface area contributed by atoms with Crippen LogP contribution in [0.15, 0.2) is 12.5 Å². The molecule has 0 aliphatic rings. The molecule has 2 nitrogen and oxygen atoms in total. The van der Waals surface area contributed by atoms with Crippen molar-refractivity contribution in [1.29, 1.82) is 0 Å². The van der Waals surface area contributed by atoms with Gasteiger partial charge in [0.1, 0.15) is 0 Å². The smallest absolute Gasteiger partial charge is 0.176 e. The maximum absolute atomic E-state index is 4.88. The molecular weight excluding hydrogens is 101 g/mol. The normalized spacial score (nSPS) is 5.50. The summed E-state index contributed by atoms with van der Waals surface area (Å²) < 4.78 is 4.33. The zero-order valence-electron chi connectivity index (χ0n) is 3.60. The van der Waals surface area contributed by atoms with E-state index in [0.29, 0.717) is 0 Å². The molecule has 0 saturated carbocycles. The van der Waals surface area contributed by atoms with Crippen molar-refractivity contribution in [3.05, 3.63) is 12.5 Å². The predicted octanol–water partition coefficient (Wildman–Crippen LogP) is 0.485. The monoisotopic (exact) mass is 109 g/mol. The topological polar surface area (TPSA) is 35.2 Å². The third kappa shape index (κ3) is 9.45. The minimum Gasteiger partial charge on any atom is -0.483 e. The second-order valence-electron chi connectivity index (χ2n) is 0.670. The van der Waals surface area contributed by atoms with Gasteiger partial charge in [0.05, 0.1) is 7.11 Å². The summed E-state index contributed by atoms with van der Waals surface area (Å²) in [6.45, 7) is 3.23. The van der Waals surface area contributed by atoms with E-state index in [2.05, 4.69) is 11.3 Å². The van der Waals surface area contributed by atoms with Gasteiger partial charge in [0.25, 0.3) is 0 Å². The first kappa shape index (κ1) is 9.16. The molecule has 0 rings (SSSR count). The minimum absolute atomic E-state index is 0. The predicted molar refractivity (Wildman–Crippen MR) is 27.6 cm³/mol. The second-order valence-corrected chi connectivity index (χ2v) is 0.670. The van der Waals surface area contributed by atoms with E-state index in [4.69, 9.17) is 5.73 Å². The summed E-state index contributed by atoms with van der Waals surface area (Å²) >= 11 is 0. The first-order chi connectivity index (χ1) is 2.27. The van der Waals surface area contributed by atoms with Gasteiger partial charge in [-0.1, -0.05) is 0 Å². The Morgan fingerprint density at radius 2 is 2.00 bits per heavy atom. The largest absolute Gasteiger partial charge is 0.483 e. The van der Waals surface area contributed by atoms with Gasteiger partial charge in [0, 0.05) is 0 Å². The van der Waals surface area contributed by atoms with Crippen molar-refractivity contribution in [3.63, 3.8) is 0 Å². The molecule has 3 heteroatoms. The van der Waals surface area contributed by atoms with Crippen LogP contribution in [-0.4, -0.2) is 7.11 Å². The first-order valence-corrected chi connectivity index (χ1v) is 1.25. The van der Waals surface area contributed by atoms with Crippen LogP contribution in [0.25, 0.3) is 0 Å². The highest BCUT2D eigenvalue weighted by Gasteiger charge is 1.64. The molecule has 0 aliphatic heterocycles. The number of hydrogen-bond donors (Lipinski definition) is 1.